The summed E-state index contributed by atoms with van der Waals surface area (Å²) in [5, 5.41) is 0. The third kappa shape index (κ3) is 33.3. The summed E-state index contributed by atoms with van der Waals surface area (Å²) in [4.78, 5) is 11.2. The molecule has 0 aliphatic carbocycles. The second-order valence-electron chi connectivity index (χ2n) is 11.4. The molecule has 12 nitrogen and oxygen atoms in total. The van der Waals surface area contributed by atoms with Crippen LogP contribution in [-0.2, 0) is 58.6 Å². The van der Waals surface area contributed by atoms with Crippen molar-refractivity contribution in [2.45, 2.75) is 71.6 Å². The molecule has 0 bridgehead atoms. The van der Waals surface area contributed by atoms with Crippen LogP contribution in [0.3, 0.4) is 0 Å². The Labute approximate surface area is 302 Å². The van der Waals surface area contributed by atoms with E-state index in [2.05, 4.69) is 31.2 Å². The normalized spacial score (nSPS) is 11.3. The van der Waals surface area contributed by atoms with Gasteiger partial charge in [0.25, 0.3) is 0 Å². The summed E-state index contributed by atoms with van der Waals surface area (Å²) in [6, 6.07) is 8.44. The van der Waals surface area contributed by atoms with Crippen molar-refractivity contribution in [2.24, 2.45) is 0 Å². The molecule has 0 radical (unpaired) electrons. The van der Waals surface area contributed by atoms with Crippen LogP contribution in [-0.4, -0.2) is 138 Å². The fourth-order valence-electron chi connectivity index (χ4n) is 4.51. The predicted molar refractivity (Wildman–Crippen MR) is 192 cm³/mol. The van der Waals surface area contributed by atoms with E-state index in [1.807, 2.05) is 0 Å². The number of hydrogen-bond donors (Lipinski definition) is 0. The molecule has 0 spiro atoms. The van der Waals surface area contributed by atoms with Gasteiger partial charge in [0, 0.05) is 0 Å². The van der Waals surface area contributed by atoms with Crippen LogP contribution in [0, 0.1) is 0 Å². The lowest BCUT2D eigenvalue weighted by atomic mass is 10.0. The first kappa shape index (κ1) is 46.2. The van der Waals surface area contributed by atoms with E-state index in [0.717, 1.165) is 12.2 Å². The van der Waals surface area contributed by atoms with E-state index in [1.165, 1.54) is 50.5 Å². The van der Waals surface area contributed by atoms with E-state index in [-0.39, 0.29) is 12.4 Å². The summed E-state index contributed by atoms with van der Waals surface area (Å²) < 4.78 is 59.9. The maximum absolute atomic E-state index is 11.2. The standard InChI is InChI=1S/C38H68O12/c1-3-5-6-7-8-9-10-11-36-12-14-37(15-13-36)50-35-34-48-33-32-47-31-30-46-29-28-45-27-26-44-25-24-43-23-22-42-21-20-41-19-18-40-17-16-38(39)49-4-2/h12-15H,3-11,16-35H2,1-2H3. The molecule has 0 saturated heterocycles. The Morgan fingerprint density at radius 2 is 0.800 bits per heavy atom. The van der Waals surface area contributed by atoms with Gasteiger partial charge in [-0.25, -0.2) is 0 Å². The summed E-state index contributed by atoms with van der Waals surface area (Å²) in [7, 11) is 0. The van der Waals surface area contributed by atoms with Crippen LogP contribution in [0.1, 0.15) is 70.8 Å². The van der Waals surface area contributed by atoms with Crippen molar-refractivity contribution >= 4 is 5.97 Å². The van der Waals surface area contributed by atoms with Gasteiger partial charge in [-0.05, 0) is 37.5 Å². The Kier molecular flexibility index (Phi) is 35.4. The Morgan fingerprint density at radius 1 is 0.440 bits per heavy atom. The van der Waals surface area contributed by atoms with Crippen LogP contribution in [0.25, 0.3) is 0 Å². The van der Waals surface area contributed by atoms with Crippen LogP contribution in [0.2, 0.25) is 0 Å². The highest BCUT2D eigenvalue weighted by Gasteiger charge is 2.01. The van der Waals surface area contributed by atoms with Gasteiger partial charge >= 0.3 is 5.97 Å². The minimum absolute atomic E-state index is 0.249. The minimum Gasteiger partial charge on any atom is -0.491 e. The largest absolute Gasteiger partial charge is 0.491 e. The van der Waals surface area contributed by atoms with Crippen molar-refractivity contribution in [3.63, 3.8) is 0 Å². The Bertz CT molecular complexity index is 827. The van der Waals surface area contributed by atoms with E-state index in [9.17, 15) is 4.79 Å². The number of carbonyl (C=O) groups excluding carboxylic acids is 1. The van der Waals surface area contributed by atoms with Gasteiger partial charge in [-0.1, -0.05) is 57.6 Å². The third-order valence-corrected chi connectivity index (χ3v) is 7.22. The van der Waals surface area contributed by atoms with Gasteiger partial charge in [-0.3, -0.25) is 4.79 Å². The molecule has 0 aliphatic heterocycles. The number of carbonyl (C=O) groups is 1. The molecule has 0 N–H and O–H groups in total. The fourth-order valence-corrected chi connectivity index (χ4v) is 4.51. The lowest BCUT2D eigenvalue weighted by Crippen LogP contribution is -2.15. The van der Waals surface area contributed by atoms with Crippen LogP contribution >= 0.6 is 0 Å². The summed E-state index contributed by atoms with van der Waals surface area (Å²) in [6.45, 7) is 13.8. The maximum Gasteiger partial charge on any atom is 0.308 e. The van der Waals surface area contributed by atoms with E-state index < -0.39 is 0 Å². The third-order valence-electron chi connectivity index (χ3n) is 7.22. The number of ether oxygens (including phenoxy) is 11. The highest BCUT2D eigenvalue weighted by molar-refractivity contribution is 5.69. The van der Waals surface area contributed by atoms with Crippen molar-refractivity contribution in [1.29, 1.82) is 0 Å². The molecule has 0 heterocycles. The molecule has 12 heteroatoms. The van der Waals surface area contributed by atoms with Gasteiger partial charge < -0.3 is 52.1 Å². The fraction of sp³-hybridized carbons (Fsp3) is 0.816. The van der Waals surface area contributed by atoms with Gasteiger partial charge in [-0.2, -0.15) is 0 Å². The average molecular weight is 717 g/mol. The number of unbranched alkanes of at least 4 members (excludes halogenated alkanes) is 6. The SMILES string of the molecule is CCCCCCCCCc1ccc(OCCOCCOCCOCCOCCOCCOCCOCCOCCOCCC(=O)OCC)cc1. The number of hydrogen-bond acceptors (Lipinski definition) is 12. The topological polar surface area (TPSA) is 119 Å². The number of aryl methyl sites for hydroxylation is 1. The Balaban J connectivity index is 1.70. The summed E-state index contributed by atoms with van der Waals surface area (Å²) in [6.07, 6.45) is 10.8. The molecule has 0 unspecified atom stereocenters. The van der Waals surface area contributed by atoms with Crippen molar-refractivity contribution in [1.82, 2.24) is 0 Å². The minimum atomic E-state index is -0.249. The van der Waals surface area contributed by atoms with E-state index in [1.54, 1.807) is 6.92 Å². The molecule has 0 saturated carbocycles. The van der Waals surface area contributed by atoms with Crippen molar-refractivity contribution in [2.75, 3.05) is 132 Å². The first-order valence-electron chi connectivity index (χ1n) is 18.8. The van der Waals surface area contributed by atoms with E-state index in [0.29, 0.717) is 132 Å². The second-order valence-corrected chi connectivity index (χ2v) is 11.4. The molecule has 1 aromatic carbocycles. The molecule has 0 amide bonds. The van der Waals surface area contributed by atoms with Crippen LogP contribution in [0.15, 0.2) is 24.3 Å². The van der Waals surface area contributed by atoms with Crippen molar-refractivity contribution < 1.29 is 56.9 Å². The molecule has 0 aliphatic rings. The Morgan fingerprint density at radius 3 is 1.20 bits per heavy atom. The highest BCUT2D eigenvalue weighted by Crippen LogP contribution is 2.15. The highest BCUT2D eigenvalue weighted by atomic mass is 16.6. The molecule has 50 heavy (non-hydrogen) atoms. The van der Waals surface area contributed by atoms with Gasteiger partial charge in [0.15, 0.2) is 0 Å². The van der Waals surface area contributed by atoms with Gasteiger partial charge in [0.1, 0.15) is 12.4 Å². The Hall–Kier alpha value is -1.87. The zero-order valence-corrected chi connectivity index (χ0v) is 31.2. The summed E-state index contributed by atoms with van der Waals surface area (Å²) >= 11 is 0. The monoisotopic (exact) mass is 716 g/mol. The molecule has 0 aromatic heterocycles. The van der Waals surface area contributed by atoms with Gasteiger partial charge in [-0.15, -0.1) is 0 Å². The summed E-state index contributed by atoms with van der Waals surface area (Å²) in [5.74, 6) is 0.635. The predicted octanol–water partition coefficient (Wildman–Crippen LogP) is 5.46. The maximum atomic E-state index is 11.2. The number of esters is 1. The van der Waals surface area contributed by atoms with Gasteiger partial charge in [0.2, 0.25) is 0 Å². The molecular weight excluding hydrogens is 648 g/mol. The van der Waals surface area contributed by atoms with E-state index >= 15 is 0 Å². The average Bonchev–Trinajstić information content (AvgIpc) is 3.12. The zero-order valence-electron chi connectivity index (χ0n) is 31.2. The molecule has 292 valence electrons. The number of rotatable bonds is 40. The molecule has 1 aromatic rings. The van der Waals surface area contributed by atoms with Crippen LogP contribution in [0.4, 0.5) is 0 Å². The second kappa shape index (κ2) is 38.4. The number of benzene rings is 1. The smallest absolute Gasteiger partial charge is 0.308 e. The zero-order chi connectivity index (χ0) is 35.8. The molecule has 0 atom stereocenters. The molecular formula is C38H68O12. The quantitative estimate of drug-likeness (QED) is 0.0634. The molecule has 1 rings (SSSR count). The van der Waals surface area contributed by atoms with Crippen LogP contribution < -0.4 is 4.74 Å². The van der Waals surface area contributed by atoms with Crippen molar-refractivity contribution in [3.8, 4) is 5.75 Å². The van der Waals surface area contributed by atoms with Gasteiger partial charge in [0.05, 0.1) is 132 Å². The van der Waals surface area contributed by atoms with Crippen molar-refractivity contribution in [3.05, 3.63) is 29.8 Å². The lowest BCUT2D eigenvalue weighted by molar-refractivity contribution is -0.144. The lowest BCUT2D eigenvalue weighted by Gasteiger charge is -2.09. The molecule has 0 fully saturated rings. The first-order valence-corrected chi connectivity index (χ1v) is 18.8. The van der Waals surface area contributed by atoms with E-state index in [4.69, 9.17) is 52.1 Å². The first-order chi connectivity index (χ1) is 24.8. The van der Waals surface area contributed by atoms with Crippen LogP contribution in [0.5, 0.6) is 5.75 Å². The summed E-state index contributed by atoms with van der Waals surface area (Å²) in [5.41, 5.74) is 1.38.